The maximum atomic E-state index is 10.9. The van der Waals surface area contributed by atoms with Crippen LogP contribution in [0.1, 0.15) is 0 Å². The van der Waals surface area contributed by atoms with E-state index in [9.17, 15) is 4.79 Å². The molecule has 6 heteroatoms. The third kappa shape index (κ3) is 4.34. The van der Waals surface area contributed by atoms with Crippen molar-refractivity contribution in [1.82, 2.24) is 9.80 Å². The molecule has 1 aliphatic rings. The Kier molecular flexibility index (Phi) is 6.84. The summed E-state index contributed by atoms with van der Waals surface area (Å²) in [6, 6.07) is -0.492. The summed E-state index contributed by atoms with van der Waals surface area (Å²) in [5.74, 6) is -0.795. The first-order valence-corrected chi connectivity index (χ1v) is 4.79. The van der Waals surface area contributed by atoms with Crippen LogP contribution in [-0.4, -0.2) is 73.9 Å². The largest absolute Gasteiger partial charge is 0.480 e. The van der Waals surface area contributed by atoms with Crippen LogP contribution >= 0.6 is 12.4 Å². The van der Waals surface area contributed by atoms with Gasteiger partial charge in [-0.05, 0) is 7.05 Å². The molecule has 1 rings (SSSR count). The molecule has 15 heavy (non-hydrogen) atoms. The summed E-state index contributed by atoms with van der Waals surface area (Å²) in [4.78, 5) is 15.1. The van der Waals surface area contributed by atoms with Crippen LogP contribution in [0.4, 0.5) is 0 Å². The Bertz CT molecular complexity index is 196. The first-order valence-electron chi connectivity index (χ1n) is 4.79. The number of rotatable bonds is 4. The van der Waals surface area contributed by atoms with E-state index in [0.717, 1.165) is 26.2 Å². The molecule has 1 aliphatic heterocycles. The molecule has 1 atom stereocenters. The SMILES string of the molecule is COC[C@H](C(=O)O)N1CCN(C)CC1.Cl. The lowest BCUT2D eigenvalue weighted by atomic mass is 10.2. The molecule has 0 saturated carbocycles. The second-order valence-corrected chi connectivity index (χ2v) is 3.65. The van der Waals surface area contributed by atoms with Crippen LogP contribution in [0.25, 0.3) is 0 Å². The van der Waals surface area contributed by atoms with Crippen molar-refractivity contribution in [3.8, 4) is 0 Å². The smallest absolute Gasteiger partial charge is 0.323 e. The molecule has 1 N–H and O–H groups in total. The Morgan fingerprint density at radius 3 is 2.33 bits per heavy atom. The number of methoxy groups -OCH3 is 1. The van der Waals surface area contributed by atoms with Gasteiger partial charge in [0.1, 0.15) is 6.04 Å². The summed E-state index contributed by atoms with van der Waals surface area (Å²) in [7, 11) is 3.58. The normalized spacial score (nSPS) is 20.7. The summed E-state index contributed by atoms with van der Waals surface area (Å²) in [5, 5.41) is 8.99. The molecular weight excluding hydrogens is 220 g/mol. The second kappa shape index (κ2) is 7.00. The molecule has 0 radical (unpaired) electrons. The molecule has 5 nitrogen and oxygen atoms in total. The van der Waals surface area contributed by atoms with Crippen LogP contribution in [0.3, 0.4) is 0 Å². The van der Waals surface area contributed by atoms with Crippen molar-refractivity contribution in [3.05, 3.63) is 0 Å². The zero-order valence-electron chi connectivity index (χ0n) is 9.18. The third-order valence-electron chi connectivity index (χ3n) is 2.59. The zero-order valence-corrected chi connectivity index (χ0v) is 10.00. The molecule has 0 aliphatic carbocycles. The average Bonchev–Trinajstić information content (AvgIpc) is 2.15. The molecule has 0 aromatic carbocycles. The van der Waals surface area contributed by atoms with Crippen LogP contribution in [0, 0.1) is 0 Å². The van der Waals surface area contributed by atoms with Crippen LogP contribution in [0.5, 0.6) is 0 Å². The molecule has 90 valence electrons. The molecule has 0 bridgehead atoms. The number of hydrogen-bond donors (Lipinski definition) is 1. The lowest BCUT2D eigenvalue weighted by Gasteiger charge is -2.35. The van der Waals surface area contributed by atoms with E-state index < -0.39 is 12.0 Å². The Morgan fingerprint density at radius 1 is 1.40 bits per heavy atom. The molecule has 0 aromatic rings. The summed E-state index contributed by atoms with van der Waals surface area (Å²) in [6.45, 7) is 3.72. The summed E-state index contributed by atoms with van der Waals surface area (Å²) in [5.41, 5.74) is 0. The predicted octanol–water partition coefficient (Wildman–Crippen LogP) is -0.245. The zero-order chi connectivity index (χ0) is 10.6. The van der Waals surface area contributed by atoms with Crippen molar-refractivity contribution in [1.29, 1.82) is 0 Å². The maximum absolute atomic E-state index is 10.9. The van der Waals surface area contributed by atoms with E-state index in [4.69, 9.17) is 9.84 Å². The first-order chi connectivity index (χ1) is 6.65. The van der Waals surface area contributed by atoms with Gasteiger partial charge in [0.25, 0.3) is 0 Å². The molecule has 0 unspecified atom stereocenters. The van der Waals surface area contributed by atoms with Gasteiger partial charge in [-0.3, -0.25) is 9.69 Å². The number of halogens is 1. The Labute approximate surface area is 96.4 Å². The van der Waals surface area contributed by atoms with Gasteiger partial charge in [-0.1, -0.05) is 0 Å². The number of carboxylic acids is 1. The quantitative estimate of drug-likeness (QED) is 0.733. The monoisotopic (exact) mass is 238 g/mol. The third-order valence-corrected chi connectivity index (χ3v) is 2.59. The second-order valence-electron chi connectivity index (χ2n) is 3.65. The average molecular weight is 239 g/mol. The number of piperazine rings is 1. The van der Waals surface area contributed by atoms with Crippen molar-refractivity contribution in [2.75, 3.05) is 46.9 Å². The van der Waals surface area contributed by atoms with Crippen LogP contribution in [0.15, 0.2) is 0 Å². The van der Waals surface area contributed by atoms with E-state index in [0.29, 0.717) is 0 Å². The van der Waals surface area contributed by atoms with E-state index in [2.05, 4.69) is 4.90 Å². The van der Waals surface area contributed by atoms with Crippen LogP contribution in [-0.2, 0) is 9.53 Å². The first kappa shape index (κ1) is 14.6. The fourth-order valence-electron chi connectivity index (χ4n) is 1.62. The van der Waals surface area contributed by atoms with E-state index in [1.165, 1.54) is 7.11 Å². The summed E-state index contributed by atoms with van der Waals surface area (Å²) >= 11 is 0. The van der Waals surface area contributed by atoms with Crippen LogP contribution < -0.4 is 0 Å². The highest BCUT2D eigenvalue weighted by Gasteiger charge is 2.27. The van der Waals surface area contributed by atoms with E-state index >= 15 is 0 Å². The summed E-state index contributed by atoms with van der Waals surface area (Å²) in [6.07, 6.45) is 0. The number of hydrogen-bond acceptors (Lipinski definition) is 4. The van der Waals surface area contributed by atoms with Crippen molar-refractivity contribution >= 4 is 18.4 Å². The molecule has 1 fully saturated rings. The van der Waals surface area contributed by atoms with E-state index in [-0.39, 0.29) is 19.0 Å². The summed E-state index contributed by atoms with van der Waals surface area (Å²) < 4.78 is 4.91. The van der Waals surface area contributed by atoms with Crippen molar-refractivity contribution in [2.45, 2.75) is 6.04 Å². The minimum Gasteiger partial charge on any atom is -0.480 e. The molecule has 1 heterocycles. The highest BCUT2D eigenvalue weighted by molar-refractivity contribution is 5.85. The van der Waals surface area contributed by atoms with Gasteiger partial charge in [-0.25, -0.2) is 0 Å². The number of nitrogens with zero attached hydrogens (tertiary/aromatic N) is 2. The fourth-order valence-corrected chi connectivity index (χ4v) is 1.62. The lowest BCUT2D eigenvalue weighted by molar-refractivity contribution is -0.146. The van der Waals surface area contributed by atoms with Gasteiger partial charge in [0.15, 0.2) is 0 Å². The highest BCUT2D eigenvalue weighted by atomic mass is 35.5. The number of likely N-dealkylation sites (N-methyl/N-ethyl adjacent to an activating group) is 1. The standard InChI is InChI=1S/C9H18N2O3.ClH/c1-10-3-5-11(6-4-10)8(7-14-2)9(12)13;/h8H,3-7H2,1-2H3,(H,12,13);1H/t8-;/m1./s1. The lowest BCUT2D eigenvalue weighted by Crippen LogP contribution is -2.53. The van der Waals surface area contributed by atoms with Gasteiger partial charge < -0.3 is 14.7 Å². The van der Waals surface area contributed by atoms with Gasteiger partial charge in [0.05, 0.1) is 6.61 Å². The number of aliphatic carboxylic acids is 1. The van der Waals surface area contributed by atoms with Gasteiger partial charge in [0, 0.05) is 33.3 Å². The highest BCUT2D eigenvalue weighted by Crippen LogP contribution is 2.05. The molecule has 1 saturated heterocycles. The molecule has 0 aromatic heterocycles. The number of ether oxygens (including phenoxy) is 1. The van der Waals surface area contributed by atoms with E-state index in [1.54, 1.807) is 0 Å². The van der Waals surface area contributed by atoms with E-state index in [1.807, 2.05) is 11.9 Å². The van der Waals surface area contributed by atoms with Crippen molar-refractivity contribution < 1.29 is 14.6 Å². The molecule has 0 amide bonds. The minimum absolute atomic E-state index is 0. The van der Waals surface area contributed by atoms with Crippen LogP contribution in [0.2, 0.25) is 0 Å². The van der Waals surface area contributed by atoms with Gasteiger partial charge in [-0.15, -0.1) is 12.4 Å². The minimum atomic E-state index is -0.795. The van der Waals surface area contributed by atoms with Gasteiger partial charge in [0.2, 0.25) is 0 Å². The van der Waals surface area contributed by atoms with Crippen molar-refractivity contribution in [2.24, 2.45) is 0 Å². The Morgan fingerprint density at radius 2 is 1.93 bits per heavy atom. The van der Waals surface area contributed by atoms with Gasteiger partial charge >= 0.3 is 5.97 Å². The van der Waals surface area contributed by atoms with Gasteiger partial charge in [-0.2, -0.15) is 0 Å². The number of carboxylic acid groups (broad SMARTS) is 1. The number of carbonyl (C=O) groups is 1. The fraction of sp³-hybridized carbons (Fsp3) is 0.889. The topological polar surface area (TPSA) is 53.0 Å². The predicted molar refractivity (Wildman–Crippen MR) is 59.6 cm³/mol. The Balaban J connectivity index is 0.00000196. The van der Waals surface area contributed by atoms with Crippen molar-refractivity contribution in [3.63, 3.8) is 0 Å². The molecule has 0 spiro atoms. The Hall–Kier alpha value is -0.360. The molecular formula is C9H19ClN2O3. The maximum Gasteiger partial charge on any atom is 0.323 e.